The van der Waals surface area contributed by atoms with Crippen LogP contribution in [0, 0.1) is 11.3 Å². The van der Waals surface area contributed by atoms with E-state index >= 15 is 0 Å². The molecule has 1 aliphatic heterocycles. The first-order valence-electron chi connectivity index (χ1n) is 7.48. The Morgan fingerprint density at radius 1 is 1.40 bits per heavy atom. The third-order valence-electron chi connectivity index (χ3n) is 4.34. The van der Waals surface area contributed by atoms with Crippen molar-refractivity contribution in [3.05, 3.63) is 29.8 Å². The van der Waals surface area contributed by atoms with E-state index < -0.39 is 0 Å². The summed E-state index contributed by atoms with van der Waals surface area (Å²) in [5, 5.41) is 0. The summed E-state index contributed by atoms with van der Waals surface area (Å²) in [5.74, 6) is 0.901. The van der Waals surface area contributed by atoms with E-state index in [9.17, 15) is 4.79 Å². The second-order valence-corrected chi connectivity index (χ2v) is 6.94. The van der Waals surface area contributed by atoms with E-state index in [0.717, 1.165) is 37.2 Å². The van der Waals surface area contributed by atoms with Gasteiger partial charge in [-0.1, -0.05) is 32.9 Å². The molecule has 0 bridgehead atoms. The van der Waals surface area contributed by atoms with E-state index in [1.54, 1.807) is 0 Å². The van der Waals surface area contributed by atoms with Crippen LogP contribution in [-0.4, -0.2) is 23.9 Å². The molecule has 0 saturated carbocycles. The lowest BCUT2D eigenvalue weighted by Crippen LogP contribution is -2.31. The number of nitrogens with zero attached hydrogens (tertiary/aromatic N) is 1. The Labute approximate surface area is 122 Å². The molecule has 1 fully saturated rings. The first kappa shape index (κ1) is 14.9. The molecule has 20 heavy (non-hydrogen) atoms. The van der Waals surface area contributed by atoms with Gasteiger partial charge in [0.1, 0.15) is 0 Å². The van der Waals surface area contributed by atoms with Crippen molar-refractivity contribution in [3.8, 4) is 0 Å². The molecule has 0 radical (unpaired) electrons. The Balaban J connectivity index is 1.84. The molecule has 0 aromatic heterocycles. The minimum atomic E-state index is 0.277. The molecule has 1 aromatic rings. The van der Waals surface area contributed by atoms with Crippen molar-refractivity contribution in [3.63, 3.8) is 0 Å². The molecule has 110 valence electrons. The Morgan fingerprint density at radius 2 is 2.15 bits per heavy atom. The summed E-state index contributed by atoms with van der Waals surface area (Å²) in [4.78, 5) is 14.3. The third-order valence-corrected chi connectivity index (χ3v) is 4.34. The number of likely N-dealkylation sites (tertiary alicyclic amines) is 1. The number of amides is 1. The van der Waals surface area contributed by atoms with Gasteiger partial charge < -0.3 is 10.6 Å². The SMILES string of the molecule is CC(C)(C)C1CCN(C(=O)CCc2cccc(N)c2)C1. The van der Waals surface area contributed by atoms with E-state index in [1.807, 2.05) is 29.2 Å². The van der Waals surface area contributed by atoms with Crippen molar-refractivity contribution in [2.75, 3.05) is 18.8 Å². The quantitative estimate of drug-likeness (QED) is 0.861. The highest BCUT2D eigenvalue weighted by atomic mass is 16.2. The number of carbonyl (C=O) groups excluding carboxylic acids is 1. The molecule has 2 rings (SSSR count). The van der Waals surface area contributed by atoms with Crippen LogP contribution in [0.25, 0.3) is 0 Å². The van der Waals surface area contributed by atoms with Gasteiger partial charge in [0.15, 0.2) is 0 Å². The van der Waals surface area contributed by atoms with Crippen LogP contribution in [-0.2, 0) is 11.2 Å². The lowest BCUT2D eigenvalue weighted by atomic mass is 9.80. The Hall–Kier alpha value is -1.51. The van der Waals surface area contributed by atoms with Gasteiger partial charge in [-0.25, -0.2) is 0 Å². The maximum Gasteiger partial charge on any atom is 0.222 e. The fourth-order valence-electron chi connectivity index (χ4n) is 2.85. The molecule has 3 heteroatoms. The van der Waals surface area contributed by atoms with Crippen molar-refractivity contribution >= 4 is 11.6 Å². The molecular weight excluding hydrogens is 248 g/mol. The number of aryl methyl sites for hydroxylation is 1. The topological polar surface area (TPSA) is 46.3 Å². The molecule has 1 saturated heterocycles. The Morgan fingerprint density at radius 3 is 2.75 bits per heavy atom. The van der Waals surface area contributed by atoms with Gasteiger partial charge in [-0.15, -0.1) is 0 Å². The Kier molecular flexibility index (Phi) is 4.36. The third kappa shape index (κ3) is 3.75. The lowest BCUT2D eigenvalue weighted by Gasteiger charge is -2.27. The largest absolute Gasteiger partial charge is 0.399 e. The average Bonchev–Trinajstić information content (AvgIpc) is 2.85. The van der Waals surface area contributed by atoms with Crippen LogP contribution in [0.15, 0.2) is 24.3 Å². The normalized spacial score (nSPS) is 19.4. The number of benzene rings is 1. The van der Waals surface area contributed by atoms with Crippen LogP contribution in [0.5, 0.6) is 0 Å². The summed E-state index contributed by atoms with van der Waals surface area (Å²) >= 11 is 0. The van der Waals surface area contributed by atoms with Crippen LogP contribution in [0.3, 0.4) is 0 Å². The van der Waals surface area contributed by atoms with Crippen molar-refractivity contribution in [1.82, 2.24) is 4.90 Å². The van der Waals surface area contributed by atoms with Crippen molar-refractivity contribution < 1.29 is 4.79 Å². The van der Waals surface area contributed by atoms with Gasteiger partial charge in [-0.3, -0.25) is 4.79 Å². The highest BCUT2D eigenvalue weighted by molar-refractivity contribution is 5.76. The summed E-state index contributed by atoms with van der Waals surface area (Å²) in [6.45, 7) is 8.62. The number of nitrogen functional groups attached to an aromatic ring is 1. The predicted octanol–water partition coefficient (Wildman–Crippen LogP) is 3.10. The van der Waals surface area contributed by atoms with E-state index in [2.05, 4.69) is 20.8 Å². The monoisotopic (exact) mass is 274 g/mol. The second-order valence-electron chi connectivity index (χ2n) is 6.94. The highest BCUT2D eigenvalue weighted by Crippen LogP contribution is 2.33. The van der Waals surface area contributed by atoms with E-state index in [1.165, 1.54) is 0 Å². The zero-order valence-electron chi connectivity index (χ0n) is 12.9. The number of hydrogen-bond donors (Lipinski definition) is 1. The molecule has 1 atom stereocenters. The molecular formula is C17H26N2O. The molecule has 2 N–H and O–H groups in total. The summed E-state index contributed by atoms with van der Waals surface area (Å²) in [6.07, 6.45) is 2.49. The van der Waals surface area contributed by atoms with Gasteiger partial charge in [-0.05, 0) is 41.9 Å². The smallest absolute Gasteiger partial charge is 0.222 e. The van der Waals surface area contributed by atoms with E-state index in [0.29, 0.717) is 17.8 Å². The predicted molar refractivity (Wildman–Crippen MR) is 83.3 cm³/mol. The number of nitrogens with two attached hydrogens (primary N) is 1. The fourth-order valence-corrected chi connectivity index (χ4v) is 2.85. The molecule has 1 aliphatic rings. The zero-order chi connectivity index (χ0) is 14.8. The summed E-state index contributed by atoms with van der Waals surface area (Å²) in [7, 11) is 0. The zero-order valence-corrected chi connectivity index (χ0v) is 12.9. The molecule has 0 spiro atoms. The number of anilines is 1. The van der Waals surface area contributed by atoms with Gasteiger partial charge in [0.25, 0.3) is 0 Å². The Bertz CT molecular complexity index is 476. The van der Waals surface area contributed by atoms with Gasteiger partial charge in [0.2, 0.25) is 5.91 Å². The van der Waals surface area contributed by atoms with Gasteiger partial charge in [0, 0.05) is 25.2 Å². The van der Waals surface area contributed by atoms with Crippen LogP contribution in [0.2, 0.25) is 0 Å². The number of rotatable bonds is 3. The van der Waals surface area contributed by atoms with E-state index in [-0.39, 0.29) is 5.91 Å². The minimum absolute atomic E-state index is 0.277. The molecule has 0 aliphatic carbocycles. The fraction of sp³-hybridized carbons (Fsp3) is 0.588. The maximum absolute atomic E-state index is 12.3. The second kappa shape index (κ2) is 5.86. The molecule has 1 unspecified atom stereocenters. The molecule has 1 aromatic carbocycles. The summed E-state index contributed by atoms with van der Waals surface area (Å²) in [5.41, 5.74) is 7.96. The van der Waals surface area contributed by atoms with Gasteiger partial charge in [-0.2, -0.15) is 0 Å². The average molecular weight is 274 g/mol. The molecule has 1 heterocycles. The first-order valence-corrected chi connectivity index (χ1v) is 7.48. The number of carbonyl (C=O) groups is 1. The molecule has 1 amide bonds. The summed E-state index contributed by atoms with van der Waals surface area (Å²) < 4.78 is 0. The van der Waals surface area contributed by atoms with Gasteiger partial charge in [0.05, 0.1) is 0 Å². The van der Waals surface area contributed by atoms with Crippen LogP contribution in [0.1, 0.15) is 39.2 Å². The van der Waals surface area contributed by atoms with Gasteiger partial charge >= 0.3 is 0 Å². The summed E-state index contributed by atoms with van der Waals surface area (Å²) in [6, 6.07) is 7.81. The molecule has 3 nitrogen and oxygen atoms in total. The maximum atomic E-state index is 12.3. The van der Waals surface area contributed by atoms with Crippen LogP contribution in [0.4, 0.5) is 5.69 Å². The minimum Gasteiger partial charge on any atom is -0.399 e. The van der Waals surface area contributed by atoms with Crippen molar-refractivity contribution in [1.29, 1.82) is 0 Å². The highest BCUT2D eigenvalue weighted by Gasteiger charge is 2.33. The standard InChI is InChI=1S/C17H26N2O/c1-17(2,3)14-9-10-19(12-14)16(20)8-7-13-5-4-6-15(18)11-13/h4-6,11,14H,7-10,12,18H2,1-3H3. The van der Waals surface area contributed by atoms with Crippen LogP contribution < -0.4 is 5.73 Å². The van der Waals surface area contributed by atoms with Crippen LogP contribution >= 0.6 is 0 Å². The lowest BCUT2D eigenvalue weighted by molar-refractivity contribution is -0.130. The van der Waals surface area contributed by atoms with Crippen molar-refractivity contribution in [2.24, 2.45) is 11.3 Å². The van der Waals surface area contributed by atoms with E-state index in [4.69, 9.17) is 5.73 Å². The first-order chi connectivity index (χ1) is 9.36. The van der Waals surface area contributed by atoms with Crippen molar-refractivity contribution in [2.45, 2.75) is 40.0 Å². The number of hydrogen-bond acceptors (Lipinski definition) is 2.